The lowest BCUT2D eigenvalue weighted by Gasteiger charge is -2.07. The minimum Gasteiger partial charge on any atom is -0.291 e. The predicted octanol–water partition coefficient (Wildman–Crippen LogP) is 6.49. The normalized spacial score (nSPS) is 12.0. The zero-order valence-electron chi connectivity index (χ0n) is 15.8. The highest BCUT2D eigenvalue weighted by Gasteiger charge is 2.17. The third-order valence-corrected chi connectivity index (χ3v) is 6.82. The van der Waals surface area contributed by atoms with Crippen LogP contribution in [-0.4, -0.2) is 19.5 Å². The molecule has 0 saturated carbocycles. The molecule has 30 heavy (non-hydrogen) atoms. The topological polar surface area (TPSA) is 43.6 Å². The van der Waals surface area contributed by atoms with Crippen LogP contribution >= 0.6 is 11.3 Å². The standard InChI is InChI=1S/C25H14N4S/c1-4-10-22-15(6-1)16-12-17-21(13-23(16)30-22)29(20-9-5-11-26-25(17)20)24-14-27-18-7-2-3-8-19(18)28-24/h1-14H. The van der Waals surface area contributed by atoms with E-state index in [0.717, 1.165) is 38.8 Å². The molecular weight excluding hydrogens is 388 g/mol. The number of hydrogen-bond donors (Lipinski definition) is 0. The van der Waals surface area contributed by atoms with Gasteiger partial charge in [0.25, 0.3) is 0 Å². The van der Waals surface area contributed by atoms with Gasteiger partial charge in [-0.15, -0.1) is 11.3 Å². The van der Waals surface area contributed by atoms with E-state index >= 15 is 0 Å². The van der Waals surface area contributed by atoms with Crippen LogP contribution in [0.15, 0.2) is 85.2 Å². The molecular formula is C25H14N4S. The Balaban J connectivity index is 1.65. The number of thiophene rings is 1. The lowest BCUT2D eigenvalue weighted by molar-refractivity contribution is 1.07. The number of nitrogens with zero attached hydrogens (tertiary/aromatic N) is 4. The van der Waals surface area contributed by atoms with Crippen molar-refractivity contribution in [2.45, 2.75) is 0 Å². The van der Waals surface area contributed by atoms with Crippen molar-refractivity contribution in [3.63, 3.8) is 0 Å². The summed E-state index contributed by atoms with van der Waals surface area (Å²) in [6.07, 6.45) is 3.71. The highest BCUT2D eigenvalue weighted by Crippen LogP contribution is 2.39. The first-order chi connectivity index (χ1) is 14.9. The maximum absolute atomic E-state index is 4.92. The quantitative estimate of drug-likeness (QED) is 0.315. The SMILES string of the molecule is c1ccc2nc(-n3c4cc5sc6ccccc6c5cc4c4ncccc43)cnc2c1. The summed E-state index contributed by atoms with van der Waals surface area (Å²) >= 11 is 1.82. The van der Waals surface area contributed by atoms with Gasteiger partial charge in [0, 0.05) is 31.8 Å². The van der Waals surface area contributed by atoms with Gasteiger partial charge in [0.2, 0.25) is 0 Å². The summed E-state index contributed by atoms with van der Waals surface area (Å²) in [5.41, 5.74) is 4.91. The number of rotatable bonds is 1. The Morgan fingerprint density at radius 3 is 2.50 bits per heavy atom. The average Bonchev–Trinajstić information content (AvgIpc) is 3.32. The van der Waals surface area contributed by atoms with Crippen molar-refractivity contribution < 1.29 is 0 Å². The van der Waals surface area contributed by atoms with Crippen LogP contribution in [0.1, 0.15) is 0 Å². The molecule has 4 heterocycles. The van der Waals surface area contributed by atoms with Crippen LogP contribution in [0, 0.1) is 0 Å². The summed E-state index contributed by atoms with van der Waals surface area (Å²) in [4.78, 5) is 14.3. The van der Waals surface area contributed by atoms with Gasteiger partial charge in [-0.05, 0) is 42.5 Å². The maximum Gasteiger partial charge on any atom is 0.156 e. The molecule has 0 fully saturated rings. The van der Waals surface area contributed by atoms with E-state index in [1.807, 2.05) is 54.1 Å². The van der Waals surface area contributed by atoms with E-state index in [4.69, 9.17) is 9.97 Å². The van der Waals surface area contributed by atoms with Crippen molar-refractivity contribution in [2.24, 2.45) is 0 Å². The van der Waals surface area contributed by atoms with E-state index in [2.05, 4.69) is 52.0 Å². The highest BCUT2D eigenvalue weighted by molar-refractivity contribution is 7.25. The lowest BCUT2D eigenvalue weighted by atomic mass is 10.1. The monoisotopic (exact) mass is 402 g/mol. The first-order valence-electron chi connectivity index (χ1n) is 9.79. The van der Waals surface area contributed by atoms with Gasteiger partial charge in [-0.2, -0.15) is 0 Å². The molecule has 140 valence electrons. The van der Waals surface area contributed by atoms with Crippen LogP contribution in [0.25, 0.3) is 59.0 Å². The zero-order chi connectivity index (χ0) is 19.7. The maximum atomic E-state index is 4.92. The van der Waals surface area contributed by atoms with Gasteiger partial charge >= 0.3 is 0 Å². The number of aromatic nitrogens is 4. The van der Waals surface area contributed by atoms with Gasteiger partial charge < -0.3 is 0 Å². The van der Waals surface area contributed by atoms with Gasteiger partial charge in [0.15, 0.2) is 5.82 Å². The molecule has 7 aromatic rings. The van der Waals surface area contributed by atoms with E-state index in [-0.39, 0.29) is 0 Å². The van der Waals surface area contributed by atoms with Crippen LogP contribution in [0.2, 0.25) is 0 Å². The first kappa shape index (κ1) is 16.0. The van der Waals surface area contributed by atoms with Crippen molar-refractivity contribution in [1.29, 1.82) is 0 Å². The Morgan fingerprint density at radius 2 is 1.53 bits per heavy atom. The minimum atomic E-state index is 0.808. The minimum absolute atomic E-state index is 0.808. The molecule has 0 radical (unpaired) electrons. The molecule has 0 aliphatic carbocycles. The van der Waals surface area contributed by atoms with Gasteiger partial charge in [-0.25, -0.2) is 4.98 Å². The molecule has 0 aliphatic rings. The Bertz CT molecular complexity index is 1760. The van der Waals surface area contributed by atoms with E-state index in [9.17, 15) is 0 Å². The molecule has 0 unspecified atom stereocenters. The fraction of sp³-hybridized carbons (Fsp3) is 0. The van der Waals surface area contributed by atoms with E-state index in [0.29, 0.717) is 0 Å². The van der Waals surface area contributed by atoms with Gasteiger partial charge in [-0.1, -0.05) is 30.3 Å². The van der Waals surface area contributed by atoms with Crippen LogP contribution in [0.3, 0.4) is 0 Å². The second-order valence-corrected chi connectivity index (χ2v) is 8.47. The van der Waals surface area contributed by atoms with Crippen LogP contribution in [-0.2, 0) is 0 Å². The van der Waals surface area contributed by atoms with E-state index in [1.165, 1.54) is 20.2 Å². The summed E-state index contributed by atoms with van der Waals surface area (Å²) in [6, 6.07) is 25.2. The number of benzene rings is 3. The second kappa shape index (κ2) is 5.84. The molecule has 3 aromatic carbocycles. The van der Waals surface area contributed by atoms with Crippen molar-refractivity contribution in [3.8, 4) is 5.82 Å². The van der Waals surface area contributed by atoms with Crippen molar-refractivity contribution >= 4 is 64.5 Å². The van der Waals surface area contributed by atoms with E-state index in [1.54, 1.807) is 0 Å². The molecule has 0 spiro atoms. The zero-order valence-corrected chi connectivity index (χ0v) is 16.6. The molecule has 0 saturated heterocycles. The Labute approximate surface area is 175 Å². The fourth-order valence-corrected chi connectivity index (χ4v) is 5.47. The van der Waals surface area contributed by atoms with Crippen molar-refractivity contribution in [1.82, 2.24) is 19.5 Å². The molecule has 5 heteroatoms. The molecule has 0 N–H and O–H groups in total. The average molecular weight is 402 g/mol. The number of fused-ring (bicyclic) bond motifs is 7. The number of para-hydroxylation sites is 2. The van der Waals surface area contributed by atoms with Crippen LogP contribution in [0.4, 0.5) is 0 Å². The smallest absolute Gasteiger partial charge is 0.156 e. The predicted molar refractivity (Wildman–Crippen MR) is 125 cm³/mol. The first-order valence-corrected chi connectivity index (χ1v) is 10.6. The molecule has 0 bridgehead atoms. The second-order valence-electron chi connectivity index (χ2n) is 7.39. The third kappa shape index (κ3) is 2.12. The highest BCUT2D eigenvalue weighted by atomic mass is 32.1. The molecule has 0 amide bonds. The van der Waals surface area contributed by atoms with E-state index < -0.39 is 0 Å². The Kier molecular flexibility index (Phi) is 3.12. The summed E-state index contributed by atoms with van der Waals surface area (Å²) in [6.45, 7) is 0. The van der Waals surface area contributed by atoms with Gasteiger partial charge in [0.1, 0.15) is 0 Å². The Hall–Kier alpha value is -3.83. The van der Waals surface area contributed by atoms with Gasteiger partial charge in [-0.3, -0.25) is 14.5 Å². The Morgan fingerprint density at radius 1 is 0.667 bits per heavy atom. The summed E-state index contributed by atoms with van der Waals surface area (Å²) in [7, 11) is 0. The van der Waals surface area contributed by atoms with Crippen molar-refractivity contribution in [3.05, 3.63) is 85.2 Å². The molecule has 4 nitrogen and oxygen atoms in total. The van der Waals surface area contributed by atoms with Crippen LogP contribution < -0.4 is 0 Å². The fourth-order valence-electron chi connectivity index (χ4n) is 4.35. The summed E-state index contributed by atoms with van der Waals surface area (Å²) in [5, 5.41) is 3.70. The lowest BCUT2D eigenvalue weighted by Crippen LogP contribution is -1.99. The summed E-state index contributed by atoms with van der Waals surface area (Å²) < 4.78 is 4.75. The molecule has 4 aromatic heterocycles. The van der Waals surface area contributed by atoms with Gasteiger partial charge in [0.05, 0.1) is 33.8 Å². The van der Waals surface area contributed by atoms with Crippen LogP contribution in [0.5, 0.6) is 0 Å². The number of pyridine rings is 1. The molecule has 0 aliphatic heterocycles. The third-order valence-electron chi connectivity index (χ3n) is 5.68. The van der Waals surface area contributed by atoms with Crippen molar-refractivity contribution in [2.75, 3.05) is 0 Å². The molecule has 0 atom stereocenters. The molecule has 7 rings (SSSR count). The largest absolute Gasteiger partial charge is 0.291 e. The number of hydrogen-bond acceptors (Lipinski definition) is 4. The summed E-state index contributed by atoms with van der Waals surface area (Å²) in [5.74, 6) is 0.808.